The van der Waals surface area contributed by atoms with Crippen molar-refractivity contribution in [1.82, 2.24) is 10.2 Å². The van der Waals surface area contributed by atoms with Crippen molar-refractivity contribution in [2.75, 3.05) is 13.1 Å². The van der Waals surface area contributed by atoms with Crippen LogP contribution in [0.25, 0.3) is 0 Å². The fourth-order valence-corrected chi connectivity index (χ4v) is 4.45. The first-order chi connectivity index (χ1) is 13.7. The van der Waals surface area contributed by atoms with Crippen LogP contribution in [0.1, 0.15) is 36.0 Å². The lowest BCUT2D eigenvalue weighted by Gasteiger charge is -2.37. The van der Waals surface area contributed by atoms with Crippen molar-refractivity contribution >= 4 is 5.91 Å². The van der Waals surface area contributed by atoms with Gasteiger partial charge < -0.3 is 15.2 Å². The van der Waals surface area contributed by atoms with E-state index in [4.69, 9.17) is 4.74 Å². The van der Waals surface area contributed by atoms with Gasteiger partial charge in [0.2, 0.25) is 0 Å². The molecule has 2 aromatic carbocycles. The molecule has 1 amide bonds. The van der Waals surface area contributed by atoms with Crippen molar-refractivity contribution in [3.05, 3.63) is 66.2 Å². The summed E-state index contributed by atoms with van der Waals surface area (Å²) in [6, 6.07) is 18.6. The molecule has 0 unspecified atom stereocenters. The zero-order valence-corrected chi connectivity index (χ0v) is 16.0. The highest BCUT2D eigenvalue weighted by Gasteiger charge is 2.47. The number of benzene rings is 2. The minimum atomic E-state index is -0.639. The fourth-order valence-electron chi connectivity index (χ4n) is 4.45. The zero-order chi connectivity index (χ0) is 19.3. The third-order valence-electron chi connectivity index (χ3n) is 5.82. The first kappa shape index (κ1) is 19.0. The van der Waals surface area contributed by atoms with Gasteiger partial charge in [-0.3, -0.25) is 9.69 Å². The molecule has 4 rings (SSSR count). The maximum Gasteiger partial charge on any atom is 0.251 e. The number of para-hydroxylation sites is 1. The van der Waals surface area contributed by atoms with Crippen molar-refractivity contribution in [2.24, 2.45) is 0 Å². The van der Waals surface area contributed by atoms with Crippen molar-refractivity contribution in [1.29, 1.82) is 0 Å². The van der Waals surface area contributed by atoms with Gasteiger partial charge in [-0.25, -0.2) is 0 Å². The van der Waals surface area contributed by atoms with Crippen LogP contribution in [-0.4, -0.2) is 53.3 Å². The maximum atomic E-state index is 12.7. The number of piperidine rings is 1. The monoisotopic (exact) mass is 380 g/mol. The topological polar surface area (TPSA) is 61.8 Å². The summed E-state index contributed by atoms with van der Waals surface area (Å²) in [5.74, 6) is 0.652. The molecule has 0 radical (unpaired) electrons. The van der Waals surface area contributed by atoms with E-state index in [1.807, 2.05) is 60.7 Å². The van der Waals surface area contributed by atoms with Gasteiger partial charge in [0.15, 0.2) is 0 Å². The highest BCUT2D eigenvalue weighted by Crippen LogP contribution is 2.31. The summed E-state index contributed by atoms with van der Waals surface area (Å²) >= 11 is 0. The Kier molecular flexibility index (Phi) is 5.93. The molecule has 2 aliphatic rings. The summed E-state index contributed by atoms with van der Waals surface area (Å²) in [5, 5.41) is 14.3. The van der Waals surface area contributed by atoms with Gasteiger partial charge in [0.1, 0.15) is 18.0 Å². The van der Waals surface area contributed by atoms with Crippen LogP contribution in [0.15, 0.2) is 60.7 Å². The van der Waals surface area contributed by atoms with Gasteiger partial charge in [-0.05, 0) is 50.2 Å². The number of carbonyl (C=O) groups excluding carboxylic acids is 1. The maximum absolute atomic E-state index is 12.7. The minimum Gasteiger partial charge on any atom is -0.488 e. The average molecular weight is 380 g/mol. The van der Waals surface area contributed by atoms with Crippen LogP contribution < -0.4 is 10.1 Å². The second-order valence-electron chi connectivity index (χ2n) is 7.73. The molecule has 5 nitrogen and oxygen atoms in total. The number of nitrogens with one attached hydrogen (secondary N) is 1. The van der Waals surface area contributed by atoms with Crippen LogP contribution in [0, 0.1) is 0 Å². The predicted octanol–water partition coefficient (Wildman–Crippen LogP) is 2.85. The Bertz CT molecular complexity index is 762. The van der Waals surface area contributed by atoms with E-state index in [0.29, 0.717) is 12.0 Å². The first-order valence-corrected chi connectivity index (χ1v) is 10.2. The standard InChI is InChI=1S/C23H28N2O3/c26-22-20(28-18-12-6-2-7-13-18)16-19(21(22)25-14-8-3-9-15-25)24-23(27)17-10-4-1-5-11-17/h1-2,4-7,10-13,19-22,26H,3,8-9,14-16H2,(H,24,27)/t19-,20-,21+,22+/m1/s1. The van der Waals surface area contributed by atoms with E-state index in [-0.39, 0.29) is 24.1 Å². The average Bonchev–Trinajstić information content (AvgIpc) is 3.04. The van der Waals surface area contributed by atoms with E-state index in [0.717, 1.165) is 31.7 Å². The molecule has 1 saturated carbocycles. The first-order valence-electron chi connectivity index (χ1n) is 10.2. The second kappa shape index (κ2) is 8.76. The third-order valence-corrected chi connectivity index (χ3v) is 5.82. The Labute approximate surface area is 166 Å². The van der Waals surface area contributed by atoms with Gasteiger partial charge in [0, 0.05) is 12.0 Å². The normalized spacial score (nSPS) is 28.0. The number of hydrogen-bond donors (Lipinski definition) is 2. The zero-order valence-electron chi connectivity index (χ0n) is 16.0. The quantitative estimate of drug-likeness (QED) is 0.837. The van der Waals surface area contributed by atoms with E-state index >= 15 is 0 Å². The molecule has 1 heterocycles. The van der Waals surface area contributed by atoms with E-state index < -0.39 is 6.10 Å². The number of amides is 1. The number of aliphatic hydroxyl groups is 1. The fraction of sp³-hybridized carbons (Fsp3) is 0.435. The predicted molar refractivity (Wildman–Crippen MR) is 108 cm³/mol. The third kappa shape index (κ3) is 4.21. The number of aliphatic hydroxyl groups excluding tert-OH is 1. The van der Waals surface area contributed by atoms with Gasteiger partial charge in [-0.2, -0.15) is 0 Å². The van der Waals surface area contributed by atoms with Crippen LogP contribution in [0.4, 0.5) is 0 Å². The molecule has 0 bridgehead atoms. The van der Waals surface area contributed by atoms with E-state index in [9.17, 15) is 9.90 Å². The highest BCUT2D eigenvalue weighted by atomic mass is 16.5. The van der Waals surface area contributed by atoms with Crippen molar-refractivity contribution in [3.8, 4) is 5.75 Å². The van der Waals surface area contributed by atoms with Crippen LogP contribution in [0.2, 0.25) is 0 Å². The van der Waals surface area contributed by atoms with Crippen LogP contribution >= 0.6 is 0 Å². The van der Waals surface area contributed by atoms with E-state index in [1.165, 1.54) is 6.42 Å². The summed E-state index contributed by atoms with van der Waals surface area (Å²) in [6.45, 7) is 1.91. The Morgan fingerprint density at radius 1 is 0.964 bits per heavy atom. The molecule has 2 fully saturated rings. The molecule has 2 aromatic rings. The molecule has 1 aliphatic heterocycles. The molecular formula is C23H28N2O3. The molecule has 4 atom stereocenters. The smallest absolute Gasteiger partial charge is 0.251 e. The largest absolute Gasteiger partial charge is 0.488 e. The van der Waals surface area contributed by atoms with Gasteiger partial charge in [-0.1, -0.05) is 42.8 Å². The number of ether oxygens (including phenoxy) is 1. The number of nitrogens with zero attached hydrogens (tertiary/aromatic N) is 1. The Hall–Kier alpha value is -2.37. The molecule has 0 aromatic heterocycles. The van der Waals surface area contributed by atoms with Gasteiger partial charge >= 0.3 is 0 Å². The molecule has 5 heteroatoms. The van der Waals surface area contributed by atoms with Crippen molar-refractivity contribution in [2.45, 2.75) is 50.0 Å². The number of hydrogen-bond acceptors (Lipinski definition) is 4. The molecule has 1 aliphatic carbocycles. The van der Waals surface area contributed by atoms with Crippen LogP contribution in [0.3, 0.4) is 0 Å². The van der Waals surface area contributed by atoms with Crippen LogP contribution in [-0.2, 0) is 0 Å². The molecule has 1 saturated heterocycles. The second-order valence-corrected chi connectivity index (χ2v) is 7.73. The summed E-state index contributed by atoms with van der Waals surface area (Å²) in [4.78, 5) is 15.1. The van der Waals surface area contributed by atoms with Gasteiger partial charge in [-0.15, -0.1) is 0 Å². The number of likely N-dealkylation sites (tertiary alicyclic amines) is 1. The molecule has 148 valence electrons. The lowest BCUT2D eigenvalue weighted by molar-refractivity contribution is 0.00146. The molecule has 28 heavy (non-hydrogen) atoms. The Morgan fingerprint density at radius 2 is 1.61 bits per heavy atom. The highest BCUT2D eigenvalue weighted by molar-refractivity contribution is 5.94. The van der Waals surface area contributed by atoms with Crippen molar-refractivity contribution < 1.29 is 14.6 Å². The number of carbonyl (C=O) groups is 1. The molecule has 2 N–H and O–H groups in total. The summed E-state index contributed by atoms with van der Waals surface area (Å²) in [6.07, 6.45) is 3.11. The van der Waals surface area contributed by atoms with Gasteiger partial charge in [0.05, 0.1) is 12.1 Å². The molecular weight excluding hydrogens is 352 g/mol. The lowest BCUT2D eigenvalue weighted by Crippen LogP contribution is -2.54. The van der Waals surface area contributed by atoms with Crippen molar-refractivity contribution in [3.63, 3.8) is 0 Å². The minimum absolute atomic E-state index is 0.0971. The van der Waals surface area contributed by atoms with Gasteiger partial charge in [0.25, 0.3) is 5.91 Å². The summed E-state index contributed by atoms with van der Waals surface area (Å²) < 4.78 is 6.10. The summed E-state index contributed by atoms with van der Waals surface area (Å²) in [5.41, 5.74) is 0.641. The SMILES string of the molecule is O=C(N[C@@H]1C[C@@H](Oc2ccccc2)[C@H](O)[C@H]1N1CCCCC1)c1ccccc1. The van der Waals surface area contributed by atoms with Crippen LogP contribution in [0.5, 0.6) is 5.75 Å². The Morgan fingerprint density at radius 3 is 2.29 bits per heavy atom. The Balaban J connectivity index is 1.52. The van der Waals surface area contributed by atoms with E-state index in [1.54, 1.807) is 0 Å². The molecule has 0 spiro atoms. The lowest BCUT2D eigenvalue weighted by atomic mass is 10.0. The summed E-state index contributed by atoms with van der Waals surface area (Å²) in [7, 11) is 0. The number of rotatable bonds is 5. The van der Waals surface area contributed by atoms with E-state index in [2.05, 4.69) is 10.2 Å².